The summed E-state index contributed by atoms with van der Waals surface area (Å²) in [6.45, 7) is 6.05. The summed E-state index contributed by atoms with van der Waals surface area (Å²) in [5.74, 6) is 0.864. The molecule has 0 spiro atoms. The van der Waals surface area contributed by atoms with E-state index in [1.807, 2.05) is 6.20 Å². The van der Waals surface area contributed by atoms with Crippen LogP contribution in [-0.2, 0) is 6.42 Å². The molecule has 4 heteroatoms. The van der Waals surface area contributed by atoms with Crippen molar-refractivity contribution in [1.29, 1.82) is 0 Å². The fourth-order valence-electron chi connectivity index (χ4n) is 2.20. The standard InChI is InChI=1S/C17H24N2OS/c1-3-6-19-17(9-14-5-8-21-13-14)15-10-16(12-18-11-15)20-7-4-2/h5,8,10-13,17,19H,3-4,6-7,9H2,1-2H3. The highest BCUT2D eigenvalue weighted by atomic mass is 32.1. The van der Waals surface area contributed by atoms with Crippen LogP contribution >= 0.6 is 11.3 Å². The van der Waals surface area contributed by atoms with Gasteiger partial charge in [-0.15, -0.1) is 0 Å². The summed E-state index contributed by atoms with van der Waals surface area (Å²) in [6.07, 6.45) is 6.86. The summed E-state index contributed by atoms with van der Waals surface area (Å²) in [6, 6.07) is 4.59. The lowest BCUT2D eigenvalue weighted by Crippen LogP contribution is -2.24. The lowest BCUT2D eigenvalue weighted by molar-refractivity contribution is 0.315. The van der Waals surface area contributed by atoms with Crippen molar-refractivity contribution >= 4 is 11.3 Å². The Labute approximate surface area is 131 Å². The second-order valence-corrected chi connectivity index (χ2v) is 5.92. The molecule has 0 aliphatic carbocycles. The van der Waals surface area contributed by atoms with Crippen LogP contribution in [0.5, 0.6) is 5.75 Å². The number of nitrogens with one attached hydrogen (secondary N) is 1. The minimum atomic E-state index is 0.289. The summed E-state index contributed by atoms with van der Waals surface area (Å²) in [5.41, 5.74) is 2.57. The topological polar surface area (TPSA) is 34.2 Å². The number of nitrogens with zero attached hydrogens (tertiary/aromatic N) is 1. The molecular formula is C17H24N2OS. The molecule has 2 rings (SSSR count). The van der Waals surface area contributed by atoms with Gasteiger partial charge in [-0.2, -0.15) is 11.3 Å². The third kappa shape index (κ3) is 5.14. The van der Waals surface area contributed by atoms with E-state index < -0.39 is 0 Å². The number of pyridine rings is 1. The SMILES string of the molecule is CCCNC(Cc1ccsc1)c1cncc(OCCC)c1. The van der Waals surface area contributed by atoms with Crippen LogP contribution in [0, 0.1) is 0 Å². The molecule has 0 saturated carbocycles. The van der Waals surface area contributed by atoms with E-state index >= 15 is 0 Å². The van der Waals surface area contributed by atoms with Gasteiger partial charge >= 0.3 is 0 Å². The number of aromatic nitrogens is 1. The molecule has 0 amide bonds. The first-order chi connectivity index (χ1) is 10.3. The van der Waals surface area contributed by atoms with Gasteiger partial charge in [-0.3, -0.25) is 4.98 Å². The number of hydrogen-bond acceptors (Lipinski definition) is 4. The summed E-state index contributed by atoms with van der Waals surface area (Å²) < 4.78 is 5.70. The average Bonchev–Trinajstić information content (AvgIpc) is 3.02. The molecule has 0 aliphatic heterocycles. The molecule has 114 valence electrons. The summed E-state index contributed by atoms with van der Waals surface area (Å²) in [7, 11) is 0. The van der Waals surface area contributed by atoms with Crippen LogP contribution in [0.25, 0.3) is 0 Å². The Morgan fingerprint density at radius 1 is 1.29 bits per heavy atom. The summed E-state index contributed by atoms with van der Waals surface area (Å²) >= 11 is 1.75. The smallest absolute Gasteiger partial charge is 0.137 e. The third-order valence-electron chi connectivity index (χ3n) is 3.27. The lowest BCUT2D eigenvalue weighted by atomic mass is 10.0. The van der Waals surface area contributed by atoms with Crippen molar-refractivity contribution in [2.75, 3.05) is 13.2 Å². The van der Waals surface area contributed by atoms with Crippen LogP contribution < -0.4 is 10.1 Å². The first kappa shape index (κ1) is 16.0. The average molecular weight is 304 g/mol. The van der Waals surface area contributed by atoms with Crippen LogP contribution in [0.4, 0.5) is 0 Å². The van der Waals surface area contributed by atoms with Crippen molar-refractivity contribution in [2.45, 2.75) is 39.2 Å². The first-order valence-corrected chi connectivity index (χ1v) is 8.60. The molecule has 0 aromatic carbocycles. The van der Waals surface area contributed by atoms with Crippen molar-refractivity contribution in [3.8, 4) is 5.75 Å². The first-order valence-electron chi connectivity index (χ1n) is 7.65. The highest BCUT2D eigenvalue weighted by molar-refractivity contribution is 7.07. The Hall–Kier alpha value is -1.39. The van der Waals surface area contributed by atoms with Gasteiger partial charge in [0.25, 0.3) is 0 Å². The number of hydrogen-bond donors (Lipinski definition) is 1. The van der Waals surface area contributed by atoms with Crippen molar-refractivity contribution in [2.24, 2.45) is 0 Å². The number of thiophene rings is 1. The summed E-state index contributed by atoms with van der Waals surface area (Å²) in [5, 5.41) is 7.96. The van der Waals surface area contributed by atoms with E-state index in [1.165, 1.54) is 11.1 Å². The van der Waals surface area contributed by atoms with Crippen LogP contribution in [0.15, 0.2) is 35.3 Å². The molecule has 1 atom stereocenters. The van der Waals surface area contributed by atoms with Crippen molar-refractivity contribution in [1.82, 2.24) is 10.3 Å². The zero-order valence-electron chi connectivity index (χ0n) is 12.8. The Balaban J connectivity index is 2.11. The maximum absolute atomic E-state index is 5.70. The van der Waals surface area contributed by atoms with E-state index in [0.29, 0.717) is 0 Å². The molecule has 0 aliphatic rings. The van der Waals surface area contributed by atoms with E-state index in [9.17, 15) is 0 Å². The fourth-order valence-corrected chi connectivity index (χ4v) is 2.88. The van der Waals surface area contributed by atoms with Gasteiger partial charge in [0.15, 0.2) is 0 Å². The Kier molecular flexibility index (Phi) is 6.70. The predicted octanol–water partition coefficient (Wildman–Crippen LogP) is 4.22. The molecule has 0 saturated heterocycles. The van der Waals surface area contributed by atoms with Crippen molar-refractivity contribution in [3.05, 3.63) is 46.4 Å². The largest absolute Gasteiger partial charge is 0.492 e. The third-order valence-corrected chi connectivity index (χ3v) is 4.00. The van der Waals surface area contributed by atoms with E-state index in [2.05, 4.69) is 47.0 Å². The zero-order valence-corrected chi connectivity index (χ0v) is 13.7. The maximum atomic E-state index is 5.70. The van der Waals surface area contributed by atoms with Crippen molar-refractivity contribution in [3.63, 3.8) is 0 Å². The van der Waals surface area contributed by atoms with Gasteiger partial charge in [-0.25, -0.2) is 0 Å². The predicted molar refractivity (Wildman–Crippen MR) is 89.1 cm³/mol. The number of ether oxygens (including phenoxy) is 1. The molecular weight excluding hydrogens is 280 g/mol. The van der Waals surface area contributed by atoms with Crippen LogP contribution in [0.3, 0.4) is 0 Å². The molecule has 2 aromatic rings. The molecule has 1 N–H and O–H groups in total. The summed E-state index contributed by atoms with van der Waals surface area (Å²) in [4.78, 5) is 4.33. The van der Waals surface area contributed by atoms with Crippen LogP contribution in [0.2, 0.25) is 0 Å². The van der Waals surface area contributed by atoms with E-state index in [-0.39, 0.29) is 6.04 Å². The Morgan fingerprint density at radius 3 is 2.90 bits per heavy atom. The second-order valence-electron chi connectivity index (χ2n) is 5.14. The number of rotatable bonds is 9. The molecule has 2 aromatic heterocycles. The van der Waals surface area contributed by atoms with Crippen LogP contribution in [-0.4, -0.2) is 18.1 Å². The normalized spacial score (nSPS) is 12.3. The lowest BCUT2D eigenvalue weighted by Gasteiger charge is -2.19. The molecule has 2 heterocycles. The monoisotopic (exact) mass is 304 g/mol. The van der Waals surface area contributed by atoms with E-state index in [4.69, 9.17) is 4.74 Å². The van der Waals surface area contributed by atoms with E-state index in [1.54, 1.807) is 17.5 Å². The molecule has 3 nitrogen and oxygen atoms in total. The zero-order chi connectivity index (χ0) is 14.9. The second kappa shape index (κ2) is 8.80. The molecule has 0 radical (unpaired) electrons. The van der Waals surface area contributed by atoms with Gasteiger partial charge < -0.3 is 10.1 Å². The minimum absolute atomic E-state index is 0.289. The van der Waals surface area contributed by atoms with Gasteiger partial charge in [0, 0.05) is 12.2 Å². The van der Waals surface area contributed by atoms with Gasteiger partial charge in [-0.1, -0.05) is 13.8 Å². The fraction of sp³-hybridized carbons (Fsp3) is 0.471. The minimum Gasteiger partial charge on any atom is -0.492 e. The highest BCUT2D eigenvalue weighted by Crippen LogP contribution is 2.22. The maximum Gasteiger partial charge on any atom is 0.137 e. The highest BCUT2D eigenvalue weighted by Gasteiger charge is 2.13. The molecule has 0 fully saturated rings. The quantitative estimate of drug-likeness (QED) is 0.753. The van der Waals surface area contributed by atoms with E-state index in [0.717, 1.165) is 38.2 Å². The van der Waals surface area contributed by atoms with Gasteiger partial charge in [-0.05, 0) is 59.8 Å². The molecule has 0 bridgehead atoms. The molecule has 21 heavy (non-hydrogen) atoms. The van der Waals surface area contributed by atoms with Crippen LogP contribution in [0.1, 0.15) is 43.9 Å². The van der Waals surface area contributed by atoms with Crippen molar-refractivity contribution < 1.29 is 4.74 Å². The van der Waals surface area contributed by atoms with Gasteiger partial charge in [0.2, 0.25) is 0 Å². The molecule has 1 unspecified atom stereocenters. The van der Waals surface area contributed by atoms with Gasteiger partial charge in [0.1, 0.15) is 5.75 Å². The Morgan fingerprint density at radius 2 is 2.19 bits per heavy atom. The van der Waals surface area contributed by atoms with Gasteiger partial charge in [0.05, 0.1) is 12.8 Å². The Bertz CT molecular complexity index is 513.